The summed E-state index contributed by atoms with van der Waals surface area (Å²) < 4.78 is 29.0. The van der Waals surface area contributed by atoms with Crippen molar-refractivity contribution in [1.29, 1.82) is 0 Å². The molecule has 0 aliphatic heterocycles. The lowest BCUT2D eigenvalue weighted by Crippen LogP contribution is -2.26. The molecule has 1 aliphatic rings. The molecule has 128 valence electrons. The average molecular weight is 338 g/mol. The quantitative estimate of drug-likeness (QED) is 0.709. The standard InChI is InChI=1S/C18H26O4S/c1-14(2)12-15-8-10-16(11-9-15)18(19)13-22-23(20,21)17-6-4-3-5-7-17/h3-7,14-16H,8-13H2,1-2H3. The Bertz CT molecular complexity index is 599. The van der Waals surface area contributed by atoms with E-state index in [2.05, 4.69) is 13.8 Å². The minimum atomic E-state index is -3.84. The van der Waals surface area contributed by atoms with E-state index in [1.54, 1.807) is 18.2 Å². The summed E-state index contributed by atoms with van der Waals surface area (Å²) in [6, 6.07) is 7.94. The minimum absolute atomic E-state index is 0.0515. The first-order valence-corrected chi connectivity index (χ1v) is 9.76. The van der Waals surface area contributed by atoms with Crippen molar-refractivity contribution >= 4 is 15.9 Å². The van der Waals surface area contributed by atoms with Gasteiger partial charge in [0.15, 0.2) is 5.78 Å². The van der Waals surface area contributed by atoms with Gasteiger partial charge in [-0.3, -0.25) is 8.98 Å². The van der Waals surface area contributed by atoms with Gasteiger partial charge in [-0.25, -0.2) is 0 Å². The van der Waals surface area contributed by atoms with Crippen molar-refractivity contribution in [3.63, 3.8) is 0 Å². The van der Waals surface area contributed by atoms with E-state index in [9.17, 15) is 13.2 Å². The third-order valence-corrected chi connectivity index (χ3v) is 5.77. The largest absolute Gasteiger partial charge is 0.297 e. The second kappa shape index (κ2) is 8.06. The van der Waals surface area contributed by atoms with Crippen LogP contribution in [0.1, 0.15) is 46.0 Å². The van der Waals surface area contributed by atoms with E-state index in [0.29, 0.717) is 11.8 Å². The van der Waals surface area contributed by atoms with Gasteiger partial charge in [-0.05, 0) is 56.1 Å². The van der Waals surface area contributed by atoms with Gasteiger partial charge in [-0.1, -0.05) is 32.0 Å². The molecule has 1 fully saturated rings. The highest BCUT2D eigenvalue weighted by molar-refractivity contribution is 7.86. The Hall–Kier alpha value is -1.20. The molecule has 5 heteroatoms. The number of ketones is 1. The molecule has 0 aromatic heterocycles. The molecule has 0 atom stereocenters. The Balaban J connectivity index is 1.82. The smallest absolute Gasteiger partial charge is 0.297 e. The summed E-state index contributed by atoms with van der Waals surface area (Å²) in [5.74, 6) is 1.25. The molecule has 23 heavy (non-hydrogen) atoms. The van der Waals surface area contributed by atoms with Crippen LogP contribution in [0.4, 0.5) is 0 Å². The van der Waals surface area contributed by atoms with E-state index in [4.69, 9.17) is 4.18 Å². The van der Waals surface area contributed by atoms with Crippen molar-refractivity contribution in [2.75, 3.05) is 6.61 Å². The molecule has 1 saturated carbocycles. The number of hydrogen-bond donors (Lipinski definition) is 0. The number of carbonyl (C=O) groups is 1. The topological polar surface area (TPSA) is 60.4 Å². The van der Waals surface area contributed by atoms with Crippen LogP contribution < -0.4 is 0 Å². The molecule has 0 bridgehead atoms. The van der Waals surface area contributed by atoms with Crippen LogP contribution in [0.2, 0.25) is 0 Å². The highest BCUT2D eigenvalue weighted by atomic mass is 32.2. The maximum absolute atomic E-state index is 12.2. The first-order chi connectivity index (χ1) is 10.9. The fraction of sp³-hybridized carbons (Fsp3) is 0.611. The summed E-state index contributed by atoms with van der Waals surface area (Å²) in [6.45, 7) is 4.09. The van der Waals surface area contributed by atoms with Crippen molar-refractivity contribution in [3.8, 4) is 0 Å². The first-order valence-electron chi connectivity index (χ1n) is 8.35. The summed E-state index contributed by atoms with van der Waals surface area (Å²) >= 11 is 0. The van der Waals surface area contributed by atoms with Crippen LogP contribution in [0.3, 0.4) is 0 Å². The highest BCUT2D eigenvalue weighted by Crippen LogP contribution is 2.33. The van der Waals surface area contributed by atoms with Gasteiger partial charge >= 0.3 is 0 Å². The lowest BCUT2D eigenvalue weighted by molar-refractivity contribution is -0.126. The van der Waals surface area contributed by atoms with Crippen molar-refractivity contribution < 1.29 is 17.4 Å². The van der Waals surface area contributed by atoms with Crippen molar-refractivity contribution in [2.24, 2.45) is 17.8 Å². The molecular formula is C18H26O4S. The van der Waals surface area contributed by atoms with Crippen molar-refractivity contribution in [1.82, 2.24) is 0 Å². The predicted octanol–water partition coefficient (Wildman–Crippen LogP) is 3.81. The highest BCUT2D eigenvalue weighted by Gasteiger charge is 2.28. The fourth-order valence-corrected chi connectivity index (χ4v) is 4.19. The van der Waals surface area contributed by atoms with Crippen LogP contribution in [-0.2, 0) is 19.1 Å². The molecule has 0 saturated heterocycles. The third kappa shape index (κ3) is 5.43. The van der Waals surface area contributed by atoms with Crippen LogP contribution in [0.15, 0.2) is 35.2 Å². The van der Waals surface area contributed by atoms with Gasteiger partial charge in [0.05, 0.1) is 4.90 Å². The van der Waals surface area contributed by atoms with E-state index in [1.165, 1.54) is 18.6 Å². The number of carbonyl (C=O) groups excluding carboxylic acids is 1. The van der Waals surface area contributed by atoms with E-state index < -0.39 is 10.1 Å². The van der Waals surface area contributed by atoms with E-state index in [-0.39, 0.29) is 23.2 Å². The molecule has 0 spiro atoms. The van der Waals surface area contributed by atoms with Crippen LogP contribution >= 0.6 is 0 Å². The zero-order valence-electron chi connectivity index (χ0n) is 13.9. The summed E-state index contributed by atoms with van der Waals surface area (Å²) in [4.78, 5) is 12.3. The lowest BCUT2D eigenvalue weighted by atomic mass is 9.77. The SMILES string of the molecule is CC(C)CC1CCC(C(=O)COS(=O)(=O)c2ccccc2)CC1. The van der Waals surface area contributed by atoms with Crippen LogP contribution in [0.5, 0.6) is 0 Å². The molecule has 1 aromatic rings. The number of benzene rings is 1. The van der Waals surface area contributed by atoms with Crippen molar-refractivity contribution in [3.05, 3.63) is 30.3 Å². The zero-order chi connectivity index (χ0) is 16.9. The van der Waals surface area contributed by atoms with Gasteiger partial charge in [0, 0.05) is 5.92 Å². The number of rotatable bonds is 7. The van der Waals surface area contributed by atoms with Gasteiger partial charge in [0.1, 0.15) is 6.61 Å². The molecule has 0 radical (unpaired) electrons. The van der Waals surface area contributed by atoms with Gasteiger partial charge in [0.2, 0.25) is 0 Å². The summed E-state index contributed by atoms with van der Waals surface area (Å²) in [5, 5.41) is 0. The van der Waals surface area contributed by atoms with Crippen molar-refractivity contribution in [2.45, 2.75) is 50.8 Å². The molecule has 4 nitrogen and oxygen atoms in total. The number of hydrogen-bond acceptors (Lipinski definition) is 4. The van der Waals surface area contributed by atoms with Gasteiger partial charge in [-0.15, -0.1) is 0 Å². The molecular weight excluding hydrogens is 312 g/mol. The normalized spacial score (nSPS) is 22.2. The molecule has 0 heterocycles. The van der Waals surface area contributed by atoms with Gasteiger partial charge < -0.3 is 0 Å². The minimum Gasteiger partial charge on any atom is -0.297 e. The number of Topliss-reactive ketones (excluding diaryl/α,β-unsaturated/α-hetero) is 1. The molecule has 0 N–H and O–H groups in total. The monoisotopic (exact) mass is 338 g/mol. The predicted molar refractivity (Wildman–Crippen MR) is 89.5 cm³/mol. The molecule has 0 unspecified atom stereocenters. The molecule has 1 aliphatic carbocycles. The summed E-state index contributed by atoms with van der Waals surface area (Å²) in [5.41, 5.74) is 0. The Morgan fingerprint density at radius 2 is 1.74 bits per heavy atom. The fourth-order valence-electron chi connectivity index (χ4n) is 3.30. The van der Waals surface area contributed by atoms with Gasteiger partial charge in [0.25, 0.3) is 10.1 Å². The van der Waals surface area contributed by atoms with Crippen LogP contribution in [-0.4, -0.2) is 20.8 Å². The average Bonchev–Trinajstić information content (AvgIpc) is 2.54. The van der Waals surface area contributed by atoms with E-state index in [0.717, 1.165) is 25.7 Å². The second-order valence-corrected chi connectivity index (χ2v) is 8.46. The lowest BCUT2D eigenvalue weighted by Gasteiger charge is -2.28. The maximum Gasteiger partial charge on any atom is 0.297 e. The second-order valence-electron chi connectivity index (χ2n) is 6.84. The Labute approximate surface area is 139 Å². The molecule has 1 aromatic carbocycles. The third-order valence-electron chi connectivity index (χ3n) is 4.50. The van der Waals surface area contributed by atoms with Gasteiger partial charge in [-0.2, -0.15) is 8.42 Å². The summed E-state index contributed by atoms with van der Waals surface area (Å²) in [6.07, 6.45) is 5.02. The Kier molecular flexibility index (Phi) is 6.36. The van der Waals surface area contributed by atoms with Crippen LogP contribution in [0, 0.1) is 17.8 Å². The first kappa shape index (κ1) is 18.1. The van der Waals surface area contributed by atoms with E-state index >= 15 is 0 Å². The molecule has 0 amide bonds. The summed E-state index contributed by atoms with van der Waals surface area (Å²) in [7, 11) is -3.84. The molecule has 2 rings (SSSR count). The zero-order valence-corrected chi connectivity index (χ0v) is 14.7. The van der Waals surface area contributed by atoms with E-state index in [1.807, 2.05) is 0 Å². The van der Waals surface area contributed by atoms with Crippen LogP contribution in [0.25, 0.3) is 0 Å². The Morgan fingerprint density at radius 3 is 2.30 bits per heavy atom. The Morgan fingerprint density at radius 1 is 1.13 bits per heavy atom. The maximum atomic E-state index is 12.2.